The summed E-state index contributed by atoms with van der Waals surface area (Å²) < 4.78 is 47.6. The standard InChI is InChI=1S/C19H17F3O4/c1-25-17(23)15-6-4-3-5-14(15)16(18(24)26-2)11-12-7-9-13(10-8-12)19(20,21)22/h3-10,16H,11H2,1-2H3. The van der Waals surface area contributed by atoms with Crippen LogP contribution in [0.4, 0.5) is 13.2 Å². The number of halogens is 3. The molecule has 0 heterocycles. The van der Waals surface area contributed by atoms with E-state index >= 15 is 0 Å². The molecule has 0 bridgehead atoms. The molecule has 0 saturated carbocycles. The second-order valence-electron chi connectivity index (χ2n) is 5.55. The maximum Gasteiger partial charge on any atom is 0.416 e. The Bertz CT molecular complexity index is 782. The highest BCUT2D eigenvalue weighted by atomic mass is 19.4. The maximum absolute atomic E-state index is 12.7. The lowest BCUT2D eigenvalue weighted by molar-refractivity contribution is -0.142. The van der Waals surface area contributed by atoms with Crippen molar-refractivity contribution in [2.24, 2.45) is 0 Å². The summed E-state index contributed by atoms with van der Waals surface area (Å²) in [6.07, 6.45) is -4.35. The summed E-state index contributed by atoms with van der Waals surface area (Å²) in [5.41, 5.74) is 0.335. The van der Waals surface area contributed by atoms with Gasteiger partial charge in [0, 0.05) is 0 Å². The maximum atomic E-state index is 12.7. The van der Waals surface area contributed by atoms with Gasteiger partial charge in [-0.15, -0.1) is 0 Å². The molecule has 0 aliphatic carbocycles. The van der Waals surface area contributed by atoms with Crippen LogP contribution >= 0.6 is 0 Å². The molecule has 0 saturated heterocycles. The number of rotatable bonds is 5. The van der Waals surface area contributed by atoms with E-state index in [1.807, 2.05) is 0 Å². The Hall–Kier alpha value is -2.83. The van der Waals surface area contributed by atoms with Crippen LogP contribution in [0, 0.1) is 0 Å². The second-order valence-corrected chi connectivity index (χ2v) is 5.55. The number of carbonyl (C=O) groups is 2. The number of hydrogen-bond acceptors (Lipinski definition) is 4. The van der Waals surface area contributed by atoms with Crippen molar-refractivity contribution in [3.05, 3.63) is 70.8 Å². The van der Waals surface area contributed by atoms with Crippen molar-refractivity contribution in [3.63, 3.8) is 0 Å². The number of hydrogen-bond donors (Lipinski definition) is 0. The van der Waals surface area contributed by atoms with E-state index < -0.39 is 29.6 Å². The summed E-state index contributed by atoms with van der Waals surface area (Å²) in [5.74, 6) is -2.06. The van der Waals surface area contributed by atoms with Crippen LogP contribution in [0.1, 0.15) is 33.0 Å². The molecule has 0 N–H and O–H groups in total. The average molecular weight is 366 g/mol. The van der Waals surface area contributed by atoms with Crippen molar-refractivity contribution in [2.75, 3.05) is 14.2 Å². The van der Waals surface area contributed by atoms with Gasteiger partial charge in [-0.05, 0) is 35.7 Å². The first-order valence-electron chi connectivity index (χ1n) is 7.69. The highest BCUT2D eigenvalue weighted by Crippen LogP contribution is 2.31. The molecule has 2 aromatic rings. The van der Waals surface area contributed by atoms with E-state index in [4.69, 9.17) is 9.47 Å². The van der Waals surface area contributed by atoms with Gasteiger partial charge in [0.25, 0.3) is 0 Å². The Balaban J connectivity index is 2.38. The molecule has 138 valence electrons. The Morgan fingerprint density at radius 2 is 1.58 bits per heavy atom. The van der Waals surface area contributed by atoms with Crippen LogP contribution < -0.4 is 0 Å². The molecule has 0 radical (unpaired) electrons. The van der Waals surface area contributed by atoms with Crippen molar-refractivity contribution < 1.29 is 32.2 Å². The zero-order valence-electron chi connectivity index (χ0n) is 14.2. The topological polar surface area (TPSA) is 52.6 Å². The third-order valence-electron chi connectivity index (χ3n) is 3.95. The number of methoxy groups -OCH3 is 2. The lowest BCUT2D eigenvalue weighted by Gasteiger charge is -2.18. The first-order valence-corrected chi connectivity index (χ1v) is 7.69. The predicted molar refractivity (Wildman–Crippen MR) is 87.7 cm³/mol. The molecule has 0 amide bonds. The van der Waals surface area contributed by atoms with Gasteiger partial charge in [0.1, 0.15) is 0 Å². The molecule has 2 rings (SSSR count). The fraction of sp³-hybridized carbons (Fsp3) is 0.263. The van der Waals surface area contributed by atoms with Crippen LogP contribution in [-0.2, 0) is 26.9 Å². The molecular formula is C19H17F3O4. The number of benzene rings is 2. The molecule has 4 nitrogen and oxygen atoms in total. The quantitative estimate of drug-likeness (QED) is 0.751. The molecule has 7 heteroatoms. The summed E-state index contributed by atoms with van der Waals surface area (Å²) in [6, 6.07) is 10.9. The third-order valence-corrected chi connectivity index (χ3v) is 3.95. The smallest absolute Gasteiger partial charge is 0.416 e. The highest BCUT2D eigenvalue weighted by molar-refractivity contribution is 5.93. The first kappa shape index (κ1) is 19.5. The number of carbonyl (C=O) groups excluding carboxylic acids is 2. The molecule has 1 atom stereocenters. The fourth-order valence-electron chi connectivity index (χ4n) is 2.62. The van der Waals surface area contributed by atoms with Crippen LogP contribution in [0.25, 0.3) is 0 Å². The monoisotopic (exact) mass is 366 g/mol. The Morgan fingerprint density at radius 3 is 2.12 bits per heavy atom. The average Bonchev–Trinajstić information content (AvgIpc) is 2.64. The lowest BCUT2D eigenvalue weighted by atomic mass is 9.88. The van der Waals surface area contributed by atoms with Crippen LogP contribution in [-0.4, -0.2) is 26.2 Å². The minimum atomic E-state index is -4.43. The summed E-state index contributed by atoms with van der Waals surface area (Å²) in [6.45, 7) is 0. The second kappa shape index (κ2) is 8.03. The van der Waals surface area contributed by atoms with Gasteiger partial charge in [-0.25, -0.2) is 4.79 Å². The molecule has 26 heavy (non-hydrogen) atoms. The fourth-order valence-corrected chi connectivity index (χ4v) is 2.62. The summed E-state index contributed by atoms with van der Waals surface area (Å²) >= 11 is 0. The highest BCUT2D eigenvalue weighted by Gasteiger charge is 2.31. The molecule has 0 aromatic heterocycles. The molecule has 2 aromatic carbocycles. The SMILES string of the molecule is COC(=O)c1ccccc1C(Cc1ccc(C(F)(F)F)cc1)C(=O)OC. The van der Waals surface area contributed by atoms with Gasteiger partial charge in [0.05, 0.1) is 31.3 Å². The van der Waals surface area contributed by atoms with Crippen LogP contribution in [0.2, 0.25) is 0 Å². The van der Waals surface area contributed by atoms with Crippen LogP contribution in [0.15, 0.2) is 48.5 Å². The number of alkyl halides is 3. The van der Waals surface area contributed by atoms with Crippen LogP contribution in [0.5, 0.6) is 0 Å². The van der Waals surface area contributed by atoms with Crippen molar-refractivity contribution in [3.8, 4) is 0 Å². The largest absolute Gasteiger partial charge is 0.469 e. The zero-order valence-corrected chi connectivity index (χ0v) is 14.2. The third kappa shape index (κ3) is 4.41. The normalized spacial score (nSPS) is 12.3. The van der Waals surface area contributed by atoms with Crippen LogP contribution in [0.3, 0.4) is 0 Å². The van der Waals surface area contributed by atoms with Crippen molar-refractivity contribution in [1.82, 2.24) is 0 Å². The molecular weight excluding hydrogens is 349 g/mol. The molecule has 0 spiro atoms. The van der Waals surface area contributed by atoms with E-state index in [0.29, 0.717) is 11.1 Å². The molecule has 0 aliphatic heterocycles. The number of esters is 2. The Kier molecular flexibility index (Phi) is 6.02. The van der Waals surface area contributed by atoms with E-state index in [0.717, 1.165) is 12.1 Å². The summed E-state index contributed by atoms with van der Waals surface area (Å²) in [5, 5.41) is 0. The van der Waals surface area contributed by atoms with Gasteiger partial charge in [-0.3, -0.25) is 4.79 Å². The minimum absolute atomic E-state index is 0.0822. The van der Waals surface area contributed by atoms with Gasteiger partial charge < -0.3 is 9.47 Å². The van der Waals surface area contributed by atoms with Gasteiger partial charge in [-0.1, -0.05) is 30.3 Å². The Labute approximate surface area is 148 Å². The van der Waals surface area contributed by atoms with Gasteiger partial charge in [-0.2, -0.15) is 13.2 Å². The van der Waals surface area contributed by atoms with E-state index in [9.17, 15) is 22.8 Å². The Morgan fingerprint density at radius 1 is 0.962 bits per heavy atom. The van der Waals surface area contributed by atoms with E-state index in [1.165, 1.54) is 32.4 Å². The molecule has 0 aliphatic rings. The molecule has 0 fully saturated rings. The van der Waals surface area contributed by atoms with E-state index in [-0.39, 0.29) is 12.0 Å². The van der Waals surface area contributed by atoms with E-state index in [1.54, 1.807) is 18.2 Å². The van der Waals surface area contributed by atoms with E-state index in [2.05, 4.69) is 0 Å². The summed E-state index contributed by atoms with van der Waals surface area (Å²) in [4.78, 5) is 24.2. The van der Waals surface area contributed by atoms with Gasteiger partial charge in [0.2, 0.25) is 0 Å². The zero-order chi connectivity index (χ0) is 19.3. The summed E-state index contributed by atoms with van der Waals surface area (Å²) in [7, 11) is 2.44. The van der Waals surface area contributed by atoms with Crippen molar-refractivity contribution >= 4 is 11.9 Å². The molecule has 1 unspecified atom stereocenters. The van der Waals surface area contributed by atoms with Gasteiger partial charge >= 0.3 is 18.1 Å². The minimum Gasteiger partial charge on any atom is -0.469 e. The number of ether oxygens (including phenoxy) is 2. The predicted octanol–water partition coefficient (Wildman–Crippen LogP) is 3.99. The first-order chi connectivity index (χ1) is 12.3. The lowest BCUT2D eigenvalue weighted by Crippen LogP contribution is -2.20. The van der Waals surface area contributed by atoms with Gasteiger partial charge in [0.15, 0.2) is 0 Å². The van der Waals surface area contributed by atoms with Crippen molar-refractivity contribution in [1.29, 1.82) is 0 Å². The van der Waals surface area contributed by atoms with Crippen molar-refractivity contribution in [2.45, 2.75) is 18.5 Å².